The Morgan fingerprint density at radius 3 is 2.33 bits per heavy atom. The van der Waals surface area contributed by atoms with E-state index in [2.05, 4.69) is 9.97 Å². The van der Waals surface area contributed by atoms with Crippen LogP contribution in [0.4, 0.5) is 13.2 Å². The van der Waals surface area contributed by atoms with Crippen molar-refractivity contribution in [3.05, 3.63) is 72.5 Å². The molecule has 4 aromatic rings. The molecule has 2 aromatic heterocycles. The molecule has 0 N–H and O–H groups in total. The molecule has 0 spiro atoms. The Balaban J connectivity index is 1.69. The predicted molar refractivity (Wildman–Crippen MR) is 93.5 cm³/mol. The van der Waals surface area contributed by atoms with E-state index in [1.54, 1.807) is 37.6 Å². The molecule has 2 heterocycles. The molecule has 0 unspecified atom stereocenters. The summed E-state index contributed by atoms with van der Waals surface area (Å²) in [5.41, 5.74) is 0.0355. The van der Waals surface area contributed by atoms with Gasteiger partial charge < -0.3 is 9.15 Å². The van der Waals surface area contributed by atoms with Crippen LogP contribution >= 0.6 is 0 Å². The molecule has 7 heteroatoms. The standard InChI is InChI=1S/C20H13F3N2O2/c1-12-25-11-19(26-12)18-10-24-9-13-2-5-16(8-17(13)18)27-15-6-3-14(4-7-15)20(21,22)23/h2-11H,1H3. The molecule has 0 amide bonds. The maximum atomic E-state index is 12.7. The molecule has 0 aliphatic rings. The number of hydrogen-bond donors (Lipinski definition) is 0. The fourth-order valence-electron chi connectivity index (χ4n) is 2.74. The summed E-state index contributed by atoms with van der Waals surface area (Å²) in [6, 6.07) is 9.92. The van der Waals surface area contributed by atoms with E-state index < -0.39 is 11.7 Å². The smallest absolute Gasteiger partial charge is 0.416 e. The van der Waals surface area contributed by atoms with Gasteiger partial charge in [0.05, 0.1) is 11.8 Å². The number of aromatic nitrogens is 2. The van der Waals surface area contributed by atoms with E-state index in [9.17, 15) is 13.2 Å². The summed E-state index contributed by atoms with van der Waals surface area (Å²) in [7, 11) is 0. The van der Waals surface area contributed by atoms with Crippen LogP contribution in [0.3, 0.4) is 0 Å². The average Bonchev–Trinajstić information content (AvgIpc) is 3.07. The molecule has 4 rings (SSSR count). The zero-order valence-corrected chi connectivity index (χ0v) is 14.1. The molecule has 0 bridgehead atoms. The molecule has 0 atom stereocenters. The number of oxazole rings is 1. The average molecular weight is 370 g/mol. The van der Waals surface area contributed by atoms with Gasteiger partial charge in [0.15, 0.2) is 11.7 Å². The highest BCUT2D eigenvalue weighted by Crippen LogP contribution is 2.34. The van der Waals surface area contributed by atoms with E-state index in [0.29, 0.717) is 23.1 Å². The molecule has 0 saturated carbocycles. The highest BCUT2D eigenvalue weighted by atomic mass is 19.4. The third kappa shape index (κ3) is 3.48. The minimum Gasteiger partial charge on any atom is -0.457 e. The van der Waals surface area contributed by atoms with Crippen LogP contribution in [0.1, 0.15) is 11.5 Å². The normalized spacial score (nSPS) is 11.7. The molecule has 0 aliphatic carbocycles. The van der Waals surface area contributed by atoms with Crippen LogP contribution in [-0.2, 0) is 6.18 Å². The second kappa shape index (κ2) is 6.42. The van der Waals surface area contributed by atoms with Gasteiger partial charge in [-0.1, -0.05) is 0 Å². The summed E-state index contributed by atoms with van der Waals surface area (Å²) in [5, 5.41) is 1.71. The lowest BCUT2D eigenvalue weighted by atomic mass is 10.1. The Bertz CT molecular complexity index is 1100. The number of halogens is 3. The first-order valence-electron chi connectivity index (χ1n) is 8.06. The number of ether oxygens (including phenoxy) is 1. The van der Waals surface area contributed by atoms with E-state index in [1.807, 2.05) is 6.07 Å². The topological polar surface area (TPSA) is 48.2 Å². The van der Waals surface area contributed by atoms with E-state index in [-0.39, 0.29) is 0 Å². The number of rotatable bonds is 3. The third-order valence-corrected chi connectivity index (χ3v) is 4.04. The van der Waals surface area contributed by atoms with Crippen LogP contribution in [0.5, 0.6) is 11.5 Å². The molecular formula is C20H13F3N2O2. The fourth-order valence-corrected chi connectivity index (χ4v) is 2.74. The summed E-state index contributed by atoms with van der Waals surface area (Å²) in [6.45, 7) is 1.75. The van der Waals surface area contributed by atoms with Gasteiger partial charge >= 0.3 is 6.18 Å². The Morgan fingerprint density at radius 2 is 1.67 bits per heavy atom. The van der Waals surface area contributed by atoms with Gasteiger partial charge in [-0.25, -0.2) is 4.98 Å². The number of benzene rings is 2. The van der Waals surface area contributed by atoms with Gasteiger partial charge in [-0.15, -0.1) is 0 Å². The van der Waals surface area contributed by atoms with Crippen molar-refractivity contribution in [2.24, 2.45) is 0 Å². The molecule has 0 radical (unpaired) electrons. The zero-order chi connectivity index (χ0) is 19.0. The van der Waals surface area contributed by atoms with Crippen LogP contribution in [0.25, 0.3) is 22.1 Å². The van der Waals surface area contributed by atoms with Gasteiger partial charge in [-0.2, -0.15) is 13.2 Å². The number of fused-ring (bicyclic) bond motifs is 1. The van der Waals surface area contributed by atoms with Crippen molar-refractivity contribution in [3.8, 4) is 22.8 Å². The Kier molecular flexibility index (Phi) is 4.07. The van der Waals surface area contributed by atoms with E-state index in [1.165, 1.54) is 12.1 Å². The number of pyridine rings is 1. The van der Waals surface area contributed by atoms with Crippen molar-refractivity contribution in [1.82, 2.24) is 9.97 Å². The first-order valence-corrected chi connectivity index (χ1v) is 8.06. The molecule has 27 heavy (non-hydrogen) atoms. The van der Waals surface area contributed by atoms with Crippen LogP contribution < -0.4 is 4.74 Å². The van der Waals surface area contributed by atoms with Crippen LogP contribution in [0, 0.1) is 6.92 Å². The van der Waals surface area contributed by atoms with E-state index in [0.717, 1.165) is 28.5 Å². The molecule has 2 aromatic carbocycles. The number of hydrogen-bond acceptors (Lipinski definition) is 4. The minimum absolute atomic E-state index is 0.313. The highest BCUT2D eigenvalue weighted by Gasteiger charge is 2.30. The lowest BCUT2D eigenvalue weighted by Gasteiger charge is -2.10. The fraction of sp³-hybridized carbons (Fsp3) is 0.100. The van der Waals surface area contributed by atoms with Gasteiger partial charge in [0.2, 0.25) is 0 Å². The summed E-state index contributed by atoms with van der Waals surface area (Å²) >= 11 is 0. The lowest BCUT2D eigenvalue weighted by molar-refractivity contribution is -0.137. The molecule has 0 saturated heterocycles. The van der Waals surface area contributed by atoms with E-state index in [4.69, 9.17) is 9.15 Å². The highest BCUT2D eigenvalue weighted by molar-refractivity contribution is 5.95. The monoisotopic (exact) mass is 370 g/mol. The number of nitrogens with zero attached hydrogens (tertiary/aromatic N) is 2. The van der Waals surface area contributed by atoms with Gasteiger partial charge in [-0.05, 0) is 47.9 Å². The van der Waals surface area contributed by atoms with Gasteiger partial charge in [-0.3, -0.25) is 4.98 Å². The molecule has 0 aliphatic heterocycles. The van der Waals surface area contributed by atoms with Gasteiger partial charge in [0, 0.05) is 30.3 Å². The molecule has 0 fully saturated rings. The van der Waals surface area contributed by atoms with Crippen molar-refractivity contribution >= 4 is 10.8 Å². The summed E-state index contributed by atoms with van der Waals surface area (Å²) < 4.78 is 49.3. The zero-order valence-electron chi connectivity index (χ0n) is 14.1. The number of aryl methyl sites for hydroxylation is 1. The second-order valence-electron chi connectivity index (χ2n) is 5.94. The SMILES string of the molecule is Cc1ncc(-c2cncc3ccc(Oc4ccc(C(F)(F)F)cc4)cc23)o1. The quantitative estimate of drug-likeness (QED) is 0.443. The Labute approximate surface area is 152 Å². The molecule has 4 nitrogen and oxygen atoms in total. The van der Waals surface area contributed by atoms with Crippen LogP contribution in [0.15, 0.2) is 65.5 Å². The van der Waals surface area contributed by atoms with Crippen molar-refractivity contribution in [2.75, 3.05) is 0 Å². The Hall–Kier alpha value is -3.35. The van der Waals surface area contributed by atoms with Crippen molar-refractivity contribution in [2.45, 2.75) is 13.1 Å². The van der Waals surface area contributed by atoms with Crippen LogP contribution in [-0.4, -0.2) is 9.97 Å². The molecular weight excluding hydrogens is 357 g/mol. The van der Waals surface area contributed by atoms with E-state index >= 15 is 0 Å². The maximum Gasteiger partial charge on any atom is 0.416 e. The third-order valence-electron chi connectivity index (χ3n) is 4.04. The van der Waals surface area contributed by atoms with Crippen molar-refractivity contribution < 1.29 is 22.3 Å². The van der Waals surface area contributed by atoms with Crippen molar-refractivity contribution in [3.63, 3.8) is 0 Å². The largest absolute Gasteiger partial charge is 0.457 e. The first-order chi connectivity index (χ1) is 12.9. The van der Waals surface area contributed by atoms with Gasteiger partial charge in [0.25, 0.3) is 0 Å². The lowest BCUT2D eigenvalue weighted by Crippen LogP contribution is -2.03. The Morgan fingerprint density at radius 1 is 0.926 bits per heavy atom. The van der Waals surface area contributed by atoms with Crippen molar-refractivity contribution in [1.29, 1.82) is 0 Å². The number of alkyl halides is 3. The maximum absolute atomic E-state index is 12.7. The second-order valence-corrected chi connectivity index (χ2v) is 5.94. The summed E-state index contributed by atoms with van der Waals surface area (Å²) in [6.07, 6.45) is 0.627. The minimum atomic E-state index is -4.38. The predicted octanol–water partition coefficient (Wildman–Crippen LogP) is 6.01. The molecule has 136 valence electrons. The van der Waals surface area contributed by atoms with Crippen LogP contribution in [0.2, 0.25) is 0 Å². The first kappa shape index (κ1) is 17.1. The van der Waals surface area contributed by atoms with Gasteiger partial charge in [0.1, 0.15) is 11.5 Å². The summed E-state index contributed by atoms with van der Waals surface area (Å²) in [5.74, 6) is 1.93. The summed E-state index contributed by atoms with van der Waals surface area (Å²) in [4.78, 5) is 8.31.